The average Bonchev–Trinajstić information content (AvgIpc) is 3.22. The zero-order valence-electron chi connectivity index (χ0n) is 16.4. The molecule has 0 aromatic carbocycles. The van der Waals surface area contributed by atoms with Gasteiger partial charge in [-0.05, 0) is 65.1 Å². The minimum absolute atomic E-state index is 0.236. The van der Waals surface area contributed by atoms with Crippen LogP contribution in [0.5, 0.6) is 5.88 Å². The van der Waals surface area contributed by atoms with Crippen molar-refractivity contribution in [2.45, 2.75) is 63.5 Å². The average molecular weight is 408 g/mol. The number of aryl methyl sites for hydroxylation is 1. The molecule has 0 N–H and O–H groups in total. The topological polar surface area (TPSA) is 61.3 Å². The van der Waals surface area contributed by atoms with Gasteiger partial charge in [-0.15, -0.1) is 11.3 Å². The standard InChI is InChI=1S/C20H29N3O2S2/c1-4-27(24)11-13-5-10-16-17(13)18-19(21-12-22-20(18)26-16)25-15-8-6-14(7-9-15)23(2)3/h12-15H,4-11H2,1-3H3/t13-,14-,15-,27+/m1/s1. The molecule has 0 radical (unpaired) electrons. The number of hydrogen-bond donors (Lipinski definition) is 0. The number of aromatic nitrogens is 2. The summed E-state index contributed by atoms with van der Waals surface area (Å²) < 4.78 is 18.6. The molecule has 0 spiro atoms. The molecule has 2 aromatic rings. The van der Waals surface area contributed by atoms with E-state index in [1.807, 2.05) is 6.92 Å². The van der Waals surface area contributed by atoms with Crippen LogP contribution in [0.25, 0.3) is 10.2 Å². The first-order chi connectivity index (χ1) is 13.1. The summed E-state index contributed by atoms with van der Waals surface area (Å²) in [6, 6.07) is 0.661. The van der Waals surface area contributed by atoms with Gasteiger partial charge in [0, 0.05) is 16.8 Å². The SMILES string of the molecule is CC[S@+]([O-])C[C@H]1CCc2sc3ncnc(O[C@H]4CC[C@H](N(C)C)CC4)c3c21. The first-order valence-electron chi connectivity index (χ1n) is 10.0. The van der Waals surface area contributed by atoms with Gasteiger partial charge in [0.2, 0.25) is 5.88 Å². The van der Waals surface area contributed by atoms with E-state index in [1.165, 1.54) is 23.3 Å². The van der Waals surface area contributed by atoms with Crippen LogP contribution < -0.4 is 4.74 Å². The molecule has 1 fully saturated rings. The van der Waals surface area contributed by atoms with Crippen molar-refractivity contribution in [3.05, 3.63) is 16.8 Å². The molecule has 2 atom stereocenters. The molecule has 5 nitrogen and oxygen atoms in total. The van der Waals surface area contributed by atoms with Gasteiger partial charge >= 0.3 is 0 Å². The number of rotatable bonds is 6. The van der Waals surface area contributed by atoms with Gasteiger partial charge in [0.25, 0.3) is 0 Å². The lowest BCUT2D eigenvalue weighted by atomic mass is 9.92. The molecule has 0 bridgehead atoms. The Morgan fingerprint density at radius 2 is 2.00 bits per heavy atom. The van der Waals surface area contributed by atoms with E-state index >= 15 is 0 Å². The van der Waals surface area contributed by atoms with E-state index in [0.29, 0.717) is 12.0 Å². The van der Waals surface area contributed by atoms with Gasteiger partial charge in [0.1, 0.15) is 28.8 Å². The van der Waals surface area contributed by atoms with Crippen molar-refractivity contribution in [1.29, 1.82) is 0 Å². The van der Waals surface area contributed by atoms with E-state index in [2.05, 4.69) is 29.0 Å². The Kier molecular flexibility index (Phi) is 5.92. The van der Waals surface area contributed by atoms with Crippen LogP contribution in [-0.4, -0.2) is 57.2 Å². The number of fused-ring (bicyclic) bond motifs is 3. The van der Waals surface area contributed by atoms with Crippen molar-refractivity contribution in [3.8, 4) is 5.88 Å². The zero-order chi connectivity index (χ0) is 19.0. The predicted octanol–water partition coefficient (Wildman–Crippen LogP) is 3.74. The van der Waals surface area contributed by atoms with Crippen LogP contribution in [0.1, 0.15) is 55.4 Å². The van der Waals surface area contributed by atoms with E-state index in [9.17, 15) is 4.55 Å². The molecule has 2 aliphatic carbocycles. The molecule has 0 aliphatic heterocycles. The van der Waals surface area contributed by atoms with Crippen molar-refractivity contribution < 1.29 is 9.29 Å². The number of nitrogens with zero attached hydrogens (tertiary/aromatic N) is 3. The summed E-state index contributed by atoms with van der Waals surface area (Å²) in [5.74, 6) is 2.58. The third kappa shape index (κ3) is 3.97. The van der Waals surface area contributed by atoms with Crippen LogP contribution in [0.2, 0.25) is 0 Å². The summed E-state index contributed by atoms with van der Waals surface area (Å²) >= 11 is 1.01. The summed E-state index contributed by atoms with van der Waals surface area (Å²) in [5, 5.41) is 1.10. The summed E-state index contributed by atoms with van der Waals surface area (Å²) in [5.41, 5.74) is 1.33. The second kappa shape index (κ2) is 8.23. The number of hydrogen-bond acceptors (Lipinski definition) is 6. The largest absolute Gasteiger partial charge is 0.616 e. The van der Waals surface area contributed by atoms with Gasteiger partial charge in [0.05, 0.1) is 5.39 Å². The highest BCUT2D eigenvalue weighted by Gasteiger charge is 2.33. The van der Waals surface area contributed by atoms with Gasteiger partial charge in [-0.2, -0.15) is 0 Å². The fourth-order valence-electron chi connectivity index (χ4n) is 4.48. The maximum absolute atomic E-state index is 12.2. The third-order valence-electron chi connectivity index (χ3n) is 6.06. The van der Waals surface area contributed by atoms with Crippen LogP contribution in [0, 0.1) is 0 Å². The van der Waals surface area contributed by atoms with E-state index < -0.39 is 11.2 Å². The molecule has 2 heterocycles. The Bertz CT molecular complexity index is 787. The molecule has 2 aromatic heterocycles. The smallest absolute Gasteiger partial charge is 0.225 e. The molecular formula is C20H29N3O2S2. The molecule has 148 valence electrons. The lowest BCUT2D eigenvalue weighted by molar-refractivity contribution is 0.108. The number of thiophene rings is 1. The molecule has 7 heteroatoms. The van der Waals surface area contributed by atoms with Crippen molar-refractivity contribution in [1.82, 2.24) is 14.9 Å². The van der Waals surface area contributed by atoms with Crippen LogP contribution in [0.15, 0.2) is 6.33 Å². The van der Waals surface area contributed by atoms with Crippen LogP contribution in [0.4, 0.5) is 0 Å². The maximum atomic E-state index is 12.2. The van der Waals surface area contributed by atoms with Gasteiger partial charge in [-0.1, -0.05) is 11.2 Å². The fraction of sp³-hybridized carbons (Fsp3) is 0.700. The minimum Gasteiger partial charge on any atom is -0.616 e. The molecule has 0 amide bonds. The summed E-state index contributed by atoms with van der Waals surface area (Å²) in [7, 11) is 4.32. The lowest BCUT2D eigenvalue weighted by Gasteiger charge is -2.32. The third-order valence-corrected chi connectivity index (χ3v) is 8.65. The molecular weight excluding hydrogens is 378 g/mol. The summed E-state index contributed by atoms with van der Waals surface area (Å²) in [4.78, 5) is 13.8. The summed E-state index contributed by atoms with van der Waals surface area (Å²) in [6.07, 6.45) is 8.51. The Hall–Kier alpha value is -0.890. The summed E-state index contributed by atoms with van der Waals surface area (Å²) in [6.45, 7) is 2.00. The van der Waals surface area contributed by atoms with Gasteiger partial charge in [-0.3, -0.25) is 0 Å². The Labute approximate surface area is 168 Å². The van der Waals surface area contributed by atoms with E-state index in [4.69, 9.17) is 4.74 Å². The van der Waals surface area contributed by atoms with Gasteiger partial charge in [-0.25, -0.2) is 9.97 Å². The van der Waals surface area contributed by atoms with Crippen LogP contribution >= 0.6 is 11.3 Å². The number of ether oxygens (including phenoxy) is 1. The first kappa shape index (κ1) is 19.4. The second-order valence-corrected chi connectivity index (χ2v) is 10.8. The van der Waals surface area contributed by atoms with Crippen molar-refractivity contribution >= 4 is 32.7 Å². The monoisotopic (exact) mass is 407 g/mol. The fourth-order valence-corrected chi connectivity index (χ4v) is 6.72. The highest BCUT2D eigenvalue weighted by atomic mass is 32.2. The maximum Gasteiger partial charge on any atom is 0.225 e. The lowest BCUT2D eigenvalue weighted by Crippen LogP contribution is -2.35. The first-order valence-corrected chi connectivity index (χ1v) is 12.3. The van der Waals surface area contributed by atoms with Gasteiger partial charge < -0.3 is 14.2 Å². The molecule has 27 heavy (non-hydrogen) atoms. The second-order valence-electron chi connectivity index (χ2n) is 7.94. The molecule has 0 unspecified atom stereocenters. The predicted molar refractivity (Wildman–Crippen MR) is 112 cm³/mol. The van der Waals surface area contributed by atoms with Crippen molar-refractivity contribution in [3.63, 3.8) is 0 Å². The molecule has 1 saturated carbocycles. The zero-order valence-corrected chi connectivity index (χ0v) is 18.1. The van der Waals surface area contributed by atoms with E-state index in [0.717, 1.165) is 53.3 Å². The quantitative estimate of drug-likeness (QED) is 0.683. The minimum atomic E-state index is -0.754. The Balaban J connectivity index is 1.57. The Morgan fingerprint density at radius 1 is 1.22 bits per heavy atom. The van der Waals surface area contributed by atoms with E-state index in [1.54, 1.807) is 17.7 Å². The molecule has 2 aliphatic rings. The Morgan fingerprint density at radius 3 is 2.70 bits per heavy atom. The van der Waals surface area contributed by atoms with Crippen LogP contribution in [0.3, 0.4) is 0 Å². The van der Waals surface area contributed by atoms with Crippen molar-refractivity contribution in [2.75, 3.05) is 25.6 Å². The molecule has 4 rings (SSSR count). The van der Waals surface area contributed by atoms with Crippen molar-refractivity contribution in [2.24, 2.45) is 0 Å². The molecule has 0 saturated heterocycles. The normalized spacial score (nSPS) is 26.5. The van der Waals surface area contributed by atoms with E-state index in [-0.39, 0.29) is 6.10 Å². The highest BCUT2D eigenvalue weighted by molar-refractivity contribution is 7.91. The van der Waals surface area contributed by atoms with Gasteiger partial charge in [0.15, 0.2) is 0 Å². The highest BCUT2D eigenvalue weighted by Crippen LogP contribution is 2.46. The van der Waals surface area contributed by atoms with Crippen LogP contribution in [-0.2, 0) is 17.6 Å².